The second kappa shape index (κ2) is 14.2. The lowest BCUT2D eigenvalue weighted by Crippen LogP contribution is -2.50. The first kappa shape index (κ1) is 31.2. The fraction of sp³-hybridized carbons (Fsp3) is 0.481. The predicted octanol–water partition coefficient (Wildman–Crippen LogP) is 4.24. The van der Waals surface area contributed by atoms with E-state index in [0.717, 1.165) is 11.8 Å². The fourth-order valence-electron chi connectivity index (χ4n) is 4.08. The third kappa shape index (κ3) is 8.80. The van der Waals surface area contributed by atoms with E-state index in [2.05, 4.69) is 5.32 Å². The van der Waals surface area contributed by atoms with Crippen molar-refractivity contribution in [1.29, 1.82) is 0 Å². The van der Waals surface area contributed by atoms with E-state index in [1.54, 1.807) is 24.1 Å². The quantitative estimate of drug-likeness (QED) is 0.366. The van der Waals surface area contributed by atoms with Crippen molar-refractivity contribution < 1.29 is 27.5 Å². The monoisotopic (exact) mass is 567 g/mol. The van der Waals surface area contributed by atoms with E-state index in [-0.39, 0.29) is 48.8 Å². The molecule has 0 aliphatic rings. The van der Waals surface area contributed by atoms with Crippen LogP contribution in [0.3, 0.4) is 0 Å². The largest absolute Gasteiger partial charge is 0.497 e. The van der Waals surface area contributed by atoms with Gasteiger partial charge in [0.25, 0.3) is 0 Å². The van der Waals surface area contributed by atoms with Gasteiger partial charge in [-0.2, -0.15) is 0 Å². The topological polar surface area (TPSA) is 105 Å². The molecule has 2 aromatic carbocycles. The number of methoxy groups -OCH3 is 2. The number of halogens is 1. The highest BCUT2D eigenvalue weighted by Crippen LogP contribution is 2.30. The lowest BCUT2D eigenvalue weighted by atomic mass is 10.1. The number of carbonyl (C=O) groups is 2. The molecule has 9 nitrogen and oxygen atoms in total. The van der Waals surface area contributed by atoms with Crippen LogP contribution in [-0.4, -0.2) is 64.2 Å². The zero-order valence-electron chi connectivity index (χ0n) is 22.9. The van der Waals surface area contributed by atoms with E-state index in [0.29, 0.717) is 23.6 Å². The van der Waals surface area contributed by atoms with Gasteiger partial charge in [0.15, 0.2) is 0 Å². The van der Waals surface area contributed by atoms with Gasteiger partial charge < -0.3 is 19.7 Å². The zero-order valence-corrected chi connectivity index (χ0v) is 24.4. The summed E-state index contributed by atoms with van der Waals surface area (Å²) in [5.74, 6) is 0.596. The van der Waals surface area contributed by atoms with E-state index in [9.17, 15) is 18.0 Å². The molecule has 0 radical (unpaired) electrons. The molecule has 0 spiro atoms. The molecule has 2 aromatic rings. The summed E-state index contributed by atoms with van der Waals surface area (Å²) in [5.41, 5.74) is 1.20. The summed E-state index contributed by atoms with van der Waals surface area (Å²) in [4.78, 5) is 28.1. The number of nitrogens with zero attached hydrogens (tertiary/aromatic N) is 2. The van der Waals surface area contributed by atoms with E-state index < -0.39 is 16.1 Å². The van der Waals surface area contributed by atoms with Crippen LogP contribution in [0.5, 0.6) is 11.5 Å². The average Bonchev–Trinajstić information content (AvgIpc) is 2.85. The number of carbonyl (C=O) groups excluding carboxylic acids is 2. The highest BCUT2D eigenvalue weighted by Gasteiger charge is 2.29. The van der Waals surface area contributed by atoms with Gasteiger partial charge in [0.05, 0.1) is 31.2 Å². The summed E-state index contributed by atoms with van der Waals surface area (Å²) in [6.45, 7) is 5.86. The average molecular weight is 568 g/mol. The molecule has 38 heavy (non-hydrogen) atoms. The number of anilines is 1. The smallest absolute Gasteiger partial charge is 0.243 e. The van der Waals surface area contributed by atoms with Crippen LogP contribution in [0.15, 0.2) is 42.5 Å². The first-order valence-electron chi connectivity index (χ1n) is 12.4. The molecule has 1 unspecified atom stereocenters. The number of rotatable bonds is 14. The second-order valence-electron chi connectivity index (χ2n) is 9.22. The Kier molecular flexibility index (Phi) is 11.7. The van der Waals surface area contributed by atoms with Gasteiger partial charge in [-0.1, -0.05) is 30.7 Å². The van der Waals surface area contributed by atoms with Crippen molar-refractivity contribution in [3.63, 3.8) is 0 Å². The Bertz CT molecular complexity index is 1210. The second-order valence-corrected chi connectivity index (χ2v) is 11.5. The first-order chi connectivity index (χ1) is 17.9. The van der Waals surface area contributed by atoms with Crippen molar-refractivity contribution in [2.45, 2.75) is 58.7 Å². The number of ether oxygens (including phenoxy) is 2. The normalized spacial score (nSPS) is 12.1. The van der Waals surface area contributed by atoms with Crippen molar-refractivity contribution in [3.8, 4) is 11.5 Å². The number of nitrogens with one attached hydrogen (secondary N) is 1. The molecule has 0 aromatic heterocycles. The van der Waals surface area contributed by atoms with Gasteiger partial charge in [0, 0.05) is 25.6 Å². The van der Waals surface area contributed by atoms with Crippen LogP contribution in [0.1, 0.15) is 45.6 Å². The molecule has 0 saturated carbocycles. The SMILES string of the molecule is CCC(C(=O)NC(C)C)N(Cc1cccc(OC)c1)C(=O)CCCN(c1ccc(OC)c(Cl)c1)S(C)(=O)=O. The van der Waals surface area contributed by atoms with Crippen LogP contribution in [0.25, 0.3) is 0 Å². The summed E-state index contributed by atoms with van der Waals surface area (Å²) in [6, 6.07) is 11.3. The Morgan fingerprint density at radius 2 is 1.79 bits per heavy atom. The molecule has 0 bridgehead atoms. The molecule has 2 rings (SSSR count). The first-order valence-corrected chi connectivity index (χ1v) is 14.7. The van der Waals surface area contributed by atoms with Gasteiger partial charge in [-0.25, -0.2) is 8.42 Å². The molecule has 0 saturated heterocycles. The Balaban J connectivity index is 2.26. The van der Waals surface area contributed by atoms with Crippen molar-refractivity contribution >= 4 is 39.1 Å². The molecule has 1 atom stereocenters. The molecule has 1 N–H and O–H groups in total. The minimum Gasteiger partial charge on any atom is -0.497 e. The highest BCUT2D eigenvalue weighted by atomic mass is 35.5. The third-order valence-electron chi connectivity index (χ3n) is 5.88. The maximum atomic E-state index is 13.5. The summed E-state index contributed by atoms with van der Waals surface area (Å²) in [6.07, 6.45) is 1.82. The van der Waals surface area contributed by atoms with Crippen LogP contribution in [0.2, 0.25) is 5.02 Å². The molecule has 0 fully saturated rings. The van der Waals surface area contributed by atoms with Crippen LogP contribution in [-0.2, 0) is 26.2 Å². The Morgan fingerprint density at radius 1 is 1.08 bits per heavy atom. The molecule has 0 aliphatic carbocycles. The third-order valence-corrected chi connectivity index (χ3v) is 7.37. The molecular weight excluding hydrogens is 530 g/mol. The van der Waals surface area contributed by atoms with Gasteiger partial charge >= 0.3 is 0 Å². The van der Waals surface area contributed by atoms with Crippen molar-refractivity contribution in [1.82, 2.24) is 10.2 Å². The van der Waals surface area contributed by atoms with Gasteiger partial charge in [-0.15, -0.1) is 0 Å². The minimum atomic E-state index is -3.65. The van der Waals surface area contributed by atoms with E-state index in [1.807, 2.05) is 45.0 Å². The zero-order chi connectivity index (χ0) is 28.5. The molecule has 210 valence electrons. The standard InChI is InChI=1S/C27H38ClN3O6S/c1-7-24(27(33)29-19(2)3)30(18-20-10-8-11-22(16-20)36-4)26(32)12-9-15-31(38(6,34)35)21-13-14-25(37-5)23(28)17-21/h8,10-11,13-14,16-17,19,24H,7,9,12,15,18H2,1-6H3,(H,29,33). The van der Waals surface area contributed by atoms with E-state index >= 15 is 0 Å². The predicted molar refractivity (Wildman–Crippen MR) is 150 cm³/mol. The number of sulfonamides is 1. The van der Waals surface area contributed by atoms with Crippen LogP contribution >= 0.6 is 11.6 Å². The van der Waals surface area contributed by atoms with Gasteiger partial charge in [0.1, 0.15) is 17.5 Å². The van der Waals surface area contributed by atoms with E-state index in [1.165, 1.54) is 17.5 Å². The summed E-state index contributed by atoms with van der Waals surface area (Å²) < 4.78 is 36.8. The Morgan fingerprint density at radius 3 is 2.34 bits per heavy atom. The van der Waals surface area contributed by atoms with Gasteiger partial charge in [-0.3, -0.25) is 13.9 Å². The minimum absolute atomic E-state index is 0.0470. The van der Waals surface area contributed by atoms with Crippen LogP contribution in [0.4, 0.5) is 5.69 Å². The number of hydrogen-bond acceptors (Lipinski definition) is 6. The van der Waals surface area contributed by atoms with Crippen molar-refractivity contribution in [2.75, 3.05) is 31.3 Å². The number of hydrogen-bond donors (Lipinski definition) is 1. The number of benzene rings is 2. The lowest BCUT2D eigenvalue weighted by molar-refractivity contribution is -0.141. The number of amides is 2. The molecule has 11 heteroatoms. The van der Waals surface area contributed by atoms with Gasteiger partial charge in [-0.05, 0) is 62.6 Å². The fourth-order valence-corrected chi connectivity index (χ4v) is 5.29. The highest BCUT2D eigenvalue weighted by molar-refractivity contribution is 7.92. The van der Waals surface area contributed by atoms with Crippen molar-refractivity contribution in [2.24, 2.45) is 0 Å². The molecule has 0 heterocycles. The maximum Gasteiger partial charge on any atom is 0.243 e. The summed E-state index contributed by atoms with van der Waals surface area (Å²) >= 11 is 6.21. The van der Waals surface area contributed by atoms with Crippen LogP contribution < -0.4 is 19.1 Å². The van der Waals surface area contributed by atoms with Gasteiger partial charge in [0.2, 0.25) is 21.8 Å². The molecule has 2 amide bonds. The maximum absolute atomic E-state index is 13.5. The summed E-state index contributed by atoms with van der Waals surface area (Å²) in [5, 5.41) is 3.18. The lowest BCUT2D eigenvalue weighted by Gasteiger charge is -2.31. The Labute approximate surface area is 231 Å². The summed E-state index contributed by atoms with van der Waals surface area (Å²) in [7, 11) is -0.604. The Hall–Kier alpha value is -2.98. The van der Waals surface area contributed by atoms with Crippen LogP contribution in [0, 0.1) is 0 Å². The molecule has 0 aliphatic heterocycles. The molecular formula is C27H38ClN3O6S. The van der Waals surface area contributed by atoms with Crippen molar-refractivity contribution in [3.05, 3.63) is 53.1 Å². The van der Waals surface area contributed by atoms with E-state index in [4.69, 9.17) is 21.1 Å².